The summed E-state index contributed by atoms with van der Waals surface area (Å²) in [6.07, 6.45) is 0. The number of nitro benzene ring substituents is 1. The number of nitrogens with zero attached hydrogens (tertiary/aromatic N) is 1. The van der Waals surface area contributed by atoms with Gasteiger partial charge in [0.2, 0.25) is 0 Å². The maximum absolute atomic E-state index is 13.5. The molecule has 2 aromatic rings. The third-order valence-electron chi connectivity index (χ3n) is 3.68. The highest BCUT2D eigenvalue weighted by Gasteiger charge is 2.19. The van der Waals surface area contributed by atoms with Crippen molar-refractivity contribution in [2.24, 2.45) is 0 Å². The second-order valence-corrected chi connectivity index (χ2v) is 5.88. The van der Waals surface area contributed by atoms with Crippen molar-refractivity contribution in [1.29, 1.82) is 0 Å². The Balaban J connectivity index is 1.86. The van der Waals surface area contributed by atoms with Crippen molar-refractivity contribution in [3.05, 3.63) is 63.7 Å². The lowest BCUT2D eigenvalue weighted by Crippen LogP contribution is -2.32. The van der Waals surface area contributed by atoms with E-state index in [2.05, 4.69) is 15.4 Å². The molecule has 2 aromatic carbocycles. The normalized spacial score (nSPS) is 10.2. The molecule has 0 atom stereocenters. The van der Waals surface area contributed by atoms with Crippen molar-refractivity contribution in [1.82, 2.24) is 5.32 Å². The van der Waals surface area contributed by atoms with Crippen molar-refractivity contribution in [2.75, 3.05) is 25.1 Å². The summed E-state index contributed by atoms with van der Waals surface area (Å²) in [4.78, 5) is 45.8. The van der Waals surface area contributed by atoms with E-state index < -0.39 is 58.7 Å². The molecule has 0 aliphatic heterocycles. The topological polar surface area (TPSA) is 137 Å². The fourth-order valence-electron chi connectivity index (χ4n) is 2.33. The molecule has 0 saturated heterocycles. The number of benzene rings is 2. The van der Waals surface area contributed by atoms with Crippen LogP contribution in [0.4, 0.5) is 20.2 Å². The van der Waals surface area contributed by atoms with Crippen LogP contribution < -0.4 is 15.4 Å². The van der Waals surface area contributed by atoms with E-state index in [9.17, 15) is 33.3 Å². The highest BCUT2D eigenvalue weighted by atomic mass is 19.1. The molecule has 164 valence electrons. The van der Waals surface area contributed by atoms with Gasteiger partial charge in [-0.1, -0.05) is 0 Å². The highest BCUT2D eigenvalue weighted by Crippen LogP contribution is 2.29. The zero-order chi connectivity index (χ0) is 23.0. The number of halogens is 2. The molecule has 31 heavy (non-hydrogen) atoms. The Morgan fingerprint density at radius 1 is 1.13 bits per heavy atom. The standard InChI is InChI=1S/C19H17F2N3O7/c1-2-30-12-4-6-15(16(8-12)24(28)29)23-17(25)10-31-18(26)9-22-19(27)13-5-3-11(20)7-14(13)21/h3-8H,2,9-10H2,1H3,(H,22,27)(H,23,25). The van der Waals surface area contributed by atoms with Gasteiger partial charge in [0, 0.05) is 6.07 Å². The summed E-state index contributed by atoms with van der Waals surface area (Å²) < 4.78 is 36.2. The van der Waals surface area contributed by atoms with Crippen molar-refractivity contribution in [3.8, 4) is 5.75 Å². The molecule has 0 unspecified atom stereocenters. The molecule has 0 fully saturated rings. The number of amides is 2. The molecule has 0 aromatic heterocycles. The minimum absolute atomic E-state index is 0.130. The highest BCUT2D eigenvalue weighted by molar-refractivity contribution is 5.97. The van der Waals surface area contributed by atoms with Gasteiger partial charge in [0.1, 0.15) is 29.6 Å². The van der Waals surface area contributed by atoms with Crippen LogP contribution in [-0.4, -0.2) is 42.5 Å². The zero-order valence-electron chi connectivity index (χ0n) is 16.1. The number of carbonyl (C=O) groups excluding carboxylic acids is 3. The predicted octanol–water partition coefficient (Wildman–Crippen LogP) is 2.18. The smallest absolute Gasteiger partial charge is 0.325 e. The largest absolute Gasteiger partial charge is 0.494 e. The predicted molar refractivity (Wildman–Crippen MR) is 103 cm³/mol. The molecule has 12 heteroatoms. The fraction of sp³-hybridized carbons (Fsp3) is 0.211. The Morgan fingerprint density at radius 3 is 2.52 bits per heavy atom. The van der Waals surface area contributed by atoms with E-state index in [4.69, 9.17) is 4.74 Å². The first kappa shape index (κ1) is 23.2. The maximum Gasteiger partial charge on any atom is 0.325 e. The number of rotatable bonds is 9. The maximum atomic E-state index is 13.5. The van der Waals surface area contributed by atoms with Crippen LogP contribution in [0.3, 0.4) is 0 Å². The Labute approximate surface area is 174 Å². The molecule has 0 saturated carbocycles. The number of esters is 1. The fourth-order valence-corrected chi connectivity index (χ4v) is 2.33. The van der Waals surface area contributed by atoms with Gasteiger partial charge in [0.05, 0.1) is 23.2 Å². The molecule has 0 spiro atoms. The Hall–Kier alpha value is -4.09. The van der Waals surface area contributed by atoms with Crippen LogP contribution in [0.15, 0.2) is 36.4 Å². The van der Waals surface area contributed by atoms with E-state index in [1.165, 1.54) is 12.1 Å². The first-order valence-electron chi connectivity index (χ1n) is 8.81. The molecule has 0 bridgehead atoms. The number of ether oxygens (including phenoxy) is 2. The lowest BCUT2D eigenvalue weighted by Gasteiger charge is -2.09. The van der Waals surface area contributed by atoms with Gasteiger partial charge in [-0.15, -0.1) is 0 Å². The van der Waals surface area contributed by atoms with Crippen molar-refractivity contribution >= 4 is 29.2 Å². The van der Waals surface area contributed by atoms with E-state index in [-0.39, 0.29) is 11.4 Å². The Morgan fingerprint density at radius 2 is 1.87 bits per heavy atom. The number of anilines is 1. The van der Waals surface area contributed by atoms with Gasteiger partial charge in [-0.05, 0) is 31.2 Å². The average molecular weight is 437 g/mol. The molecule has 2 rings (SSSR count). The lowest BCUT2D eigenvalue weighted by atomic mass is 10.2. The number of nitro groups is 1. The van der Waals surface area contributed by atoms with Gasteiger partial charge in [0.15, 0.2) is 6.61 Å². The molecule has 2 amide bonds. The molecular formula is C19H17F2N3O7. The zero-order valence-corrected chi connectivity index (χ0v) is 16.1. The second-order valence-electron chi connectivity index (χ2n) is 5.88. The Kier molecular flexibility index (Phi) is 7.94. The lowest BCUT2D eigenvalue weighted by molar-refractivity contribution is -0.384. The van der Waals surface area contributed by atoms with Gasteiger partial charge in [-0.3, -0.25) is 24.5 Å². The molecule has 0 heterocycles. The minimum atomic E-state index is -1.11. The summed E-state index contributed by atoms with van der Waals surface area (Å²) >= 11 is 0. The number of nitrogens with one attached hydrogen (secondary N) is 2. The minimum Gasteiger partial charge on any atom is -0.494 e. The average Bonchev–Trinajstić information content (AvgIpc) is 2.71. The van der Waals surface area contributed by atoms with Crippen molar-refractivity contribution < 1.29 is 37.6 Å². The summed E-state index contributed by atoms with van der Waals surface area (Å²) in [6.45, 7) is 0.522. The van der Waals surface area contributed by atoms with Crippen LogP contribution in [-0.2, 0) is 14.3 Å². The van der Waals surface area contributed by atoms with Crippen LogP contribution in [0.1, 0.15) is 17.3 Å². The second kappa shape index (κ2) is 10.6. The van der Waals surface area contributed by atoms with E-state index >= 15 is 0 Å². The van der Waals surface area contributed by atoms with Crippen LogP contribution in [0.25, 0.3) is 0 Å². The van der Waals surface area contributed by atoms with Crippen molar-refractivity contribution in [2.45, 2.75) is 6.92 Å². The molecule has 0 aliphatic carbocycles. The van der Waals surface area contributed by atoms with Crippen LogP contribution in [0, 0.1) is 21.7 Å². The number of hydrogen-bond donors (Lipinski definition) is 2. The van der Waals surface area contributed by atoms with E-state index in [1.54, 1.807) is 6.92 Å². The van der Waals surface area contributed by atoms with E-state index in [0.29, 0.717) is 12.7 Å². The summed E-state index contributed by atoms with van der Waals surface area (Å²) in [5, 5.41) is 15.5. The van der Waals surface area contributed by atoms with Crippen LogP contribution >= 0.6 is 0 Å². The monoisotopic (exact) mass is 437 g/mol. The third-order valence-corrected chi connectivity index (χ3v) is 3.68. The van der Waals surface area contributed by atoms with Gasteiger partial charge in [-0.2, -0.15) is 0 Å². The number of carbonyl (C=O) groups is 3. The van der Waals surface area contributed by atoms with Crippen molar-refractivity contribution in [3.63, 3.8) is 0 Å². The molecular weight excluding hydrogens is 420 g/mol. The number of hydrogen-bond acceptors (Lipinski definition) is 7. The first-order valence-corrected chi connectivity index (χ1v) is 8.81. The van der Waals surface area contributed by atoms with Crippen LogP contribution in [0.5, 0.6) is 5.75 Å². The van der Waals surface area contributed by atoms with E-state index in [0.717, 1.165) is 18.2 Å². The Bertz CT molecular complexity index is 1010. The molecule has 10 nitrogen and oxygen atoms in total. The summed E-state index contributed by atoms with van der Waals surface area (Å²) in [5.74, 6) is -4.60. The molecule has 0 radical (unpaired) electrons. The van der Waals surface area contributed by atoms with Gasteiger partial charge < -0.3 is 20.1 Å². The van der Waals surface area contributed by atoms with Crippen LogP contribution in [0.2, 0.25) is 0 Å². The molecule has 0 aliphatic rings. The van der Waals surface area contributed by atoms with E-state index in [1.807, 2.05) is 0 Å². The summed E-state index contributed by atoms with van der Waals surface area (Å²) in [6, 6.07) is 6.11. The summed E-state index contributed by atoms with van der Waals surface area (Å²) in [7, 11) is 0. The first-order chi connectivity index (χ1) is 14.7. The van der Waals surface area contributed by atoms with Gasteiger partial charge in [-0.25, -0.2) is 8.78 Å². The quantitative estimate of drug-likeness (QED) is 0.348. The molecule has 2 N–H and O–H groups in total. The third kappa shape index (κ3) is 6.73. The van der Waals surface area contributed by atoms with Gasteiger partial charge in [0.25, 0.3) is 17.5 Å². The van der Waals surface area contributed by atoms with Gasteiger partial charge >= 0.3 is 5.97 Å². The summed E-state index contributed by atoms with van der Waals surface area (Å²) in [5.41, 5.74) is -1.02. The SMILES string of the molecule is CCOc1ccc(NC(=O)COC(=O)CNC(=O)c2ccc(F)cc2F)c([N+](=O)[O-])c1.